The molecule has 0 spiro atoms. The van der Waals surface area contributed by atoms with Crippen LogP contribution >= 0.6 is 12.6 Å². The van der Waals surface area contributed by atoms with E-state index in [1.165, 1.54) is 39.0 Å². The van der Waals surface area contributed by atoms with Gasteiger partial charge in [0.15, 0.2) is 0 Å². The molecule has 1 aliphatic carbocycles. The summed E-state index contributed by atoms with van der Waals surface area (Å²) in [5.74, 6) is 0.607. The summed E-state index contributed by atoms with van der Waals surface area (Å²) in [6.07, 6.45) is 7.17. The molecule has 0 radical (unpaired) electrons. The molecule has 0 aromatic heterocycles. The Bertz CT molecular complexity index is 304. The fourth-order valence-electron chi connectivity index (χ4n) is 2.81. The zero-order valence-electron chi connectivity index (χ0n) is 11.9. The number of thiol groups is 1. The predicted molar refractivity (Wildman–Crippen MR) is 80.3 cm³/mol. The van der Waals surface area contributed by atoms with Gasteiger partial charge in [-0.25, -0.2) is 0 Å². The van der Waals surface area contributed by atoms with Crippen molar-refractivity contribution >= 4 is 24.4 Å². The fourth-order valence-corrected chi connectivity index (χ4v) is 3.07. The molecule has 0 saturated heterocycles. The summed E-state index contributed by atoms with van der Waals surface area (Å²) >= 11 is 4.13. The number of rotatable bonds is 6. The lowest BCUT2D eigenvalue weighted by Crippen LogP contribution is -2.51. The van der Waals surface area contributed by atoms with Crippen LogP contribution in [0.15, 0.2) is 0 Å². The van der Waals surface area contributed by atoms with Crippen LogP contribution in [0.3, 0.4) is 0 Å². The van der Waals surface area contributed by atoms with Gasteiger partial charge in [-0.15, -0.1) is 0 Å². The van der Waals surface area contributed by atoms with E-state index < -0.39 is 6.04 Å². The third kappa shape index (κ3) is 5.43. The van der Waals surface area contributed by atoms with Crippen LogP contribution in [0.2, 0.25) is 0 Å². The lowest BCUT2D eigenvalue weighted by molar-refractivity contribution is -0.128. The van der Waals surface area contributed by atoms with Gasteiger partial charge < -0.3 is 10.6 Å². The van der Waals surface area contributed by atoms with Gasteiger partial charge >= 0.3 is 0 Å². The Morgan fingerprint density at radius 2 is 1.84 bits per heavy atom. The third-order valence-corrected chi connectivity index (χ3v) is 4.23. The van der Waals surface area contributed by atoms with Crippen molar-refractivity contribution in [3.05, 3.63) is 0 Å². The number of nitrogens with one attached hydrogen (secondary N) is 2. The van der Waals surface area contributed by atoms with Crippen LogP contribution in [-0.4, -0.2) is 29.7 Å². The van der Waals surface area contributed by atoms with E-state index in [2.05, 4.69) is 30.2 Å². The van der Waals surface area contributed by atoms with E-state index in [0.717, 1.165) is 6.42 Å². The molecule has 2 atom stereocenters. The van der Waals surface area contributed by atoms with Crippen molar-refractivity contribution in [3.63, 3.8) is 0 Å². The smallest absolute Gasteiger partial charge is 0.243 e. The fraction of sp³-hybridized carbons (Fsp3) is 0.857. The van der Waals surface area contributed by atoms with Crippen LogP contribution in [0.25, 0.3) is 0 Å². The average molecular weight is 286 g/mol. The Morgan fingerprint density at radius 3 is 2.32 bits per heavy atom. The van der Waals surface area contributed by atoms with Gasteiger partial charge in [0.25, 0.3) is 0 Å². The van der Waals surface area contributed by atoms with Crippen LogP contribution in [0.1, 0.15) is 52.4 Å². The van der Waals surface area contributed by atoms with E-state index in [1.807, 2.05) is 0 Å². The lowest BCUT2D eigenvalue weighted by Gasteiger charge is -2.31. The quantitative estimate of drug-likeness (QED) is 0.653. The molecule has 4 nitrogen and oxygen atoms in total. The molecule has 110 valence electrons. The van der Waals surface area contributed by atoms with Gasteiger partial charge in [-0.3, -0.25) is 9.59 Å². The molecule has 0 aliphatic heterocycles. The summed E-state index contributed by atoms with van der Waals surface area (Å²) < 4.78 is 0. The molecule has 1 aliphatic rings. The molecular formula is C14H26N2O2S. The van der Waals surface area contributed by atoms with Gasteiger partial charge in [-0.05, 0) is 25.2 Å². The molecule has 0 aromatic carbocycles. The van der Waals surface area contributed by atoms with E-state index in [-0.39, 0.29) is 17.9 Å². The van der Waals surface area contributed by atoms with Gasteiger partial charge in [0, 0.05) is 18.7 Å². The molecule has 0 heterocycles. The Labute approximate surface area is 121 Å². The number of hydrogen-bond acceptors (Lipinski definition) is 3. The molecule has 1 saturated carbocycles. The molecule has 1 rings (SSSR count). The summed E-state index contributed by atoms with van der Waals surface area (Å²) in [5.41, 5.74) is 0. The van der Waals surface area contributed by atoms with Crippen molar-refractivity contribution < 1.29 is 9.59 Å². The topological polar surface area (TPSA) is 58.2 Å². The van der Waals surface area contributed by atoms with Crippen molar-refractivity contribution in [3.8, 4) is 0 Å². The Hall–Kier alpha value is -0.710. The van der Waals surface area contributed by atoms with Crippen LogP contribution in [0.5, 0.6) is 0 Å². The van der Waals surface area contributed by atoms with Gasteiger partial charge in [-0.2, -0.15) is 12.6 Å². The van der Waals surface area contributed by atoms with E-state index in [0.29, 0.717) is 11.7 Å². The second-order valence-corrected chi connectivity index (χ2v) is 5.72. The van der Waals surface area contributed by atoms with Crippen molar-refractivity contribution in [1.29, 1.82) is 0 Å². The molecule has 0 bridgehead atoms. The highest BCUT2D eigenvalue weighted by Gasteiger charge is 2.26. The first kappa shape index (κ1) is 16.3. The van der Waals surface area contributed by atoms with Gasteiger partial charge in [0.05, 0.1) is 0 Å². The number of carbonyl (C=O) groups is 2. The Kier molecular flexibility index (Phi) is 7.28. The largest absolute Gasteiger partial charge is 0.351 e. The molecule has 0 aromatic rings. The van der Waals surface area contributed by atoms with Crippen molar-refractivity contribution in [2.24, 2.45) is 5.92 Å². The zero-order chi connectivity index (χ0) is 14.3. The van der Waals surface area contributed by atoms with Crippen molar-refractivity contribution in [2.45, 2.75) is 64.5 Å². The van der Waals surface area contributed by atoms with Crippen LogP contribution in [0.4, 0.5) is 0 Å². The first-order chi connectivity index (χ1) is 9.08. The maximum atomic E-state index is 12.1. The second kappa shape index (κ2) is 8.46. The van der Waals surface area contributed by atoms with E-state index in [9.17, 15) is 9.59 Å². The van der Waals surface area contributed by atoms with Crippen molar-refractivity contribution in [2.75, 3.05) is 5.75 Å². The van der Waals surface area contributed by atoms with Crippen LogP contribution < -0.4 is 10.6 Å². The summed E-state index contributed by atoms with van der Waals surface area (Å²) in [5, 5.41) is 5.72. The second-order valence-electron chi connectivity index (χ2n) is 5.36. The monoisotopic (exact) mass is 286 g/mol. The standard InChI is InChI=1S/C14H26N2O2S/c1-3-12(11-7-5-4-6-8-11)16-14(18)13(9-19)15-10(2)17/h11-13,19H,3-9H2,1-2H3,(H,15,17)(H,16,18). The SMILES string of the molecule is CCC(NC(=O)C(CS)NC(C)=O)C1CCCCC1. The highest BCUT2D eigenvalue weighted by atomic mass is 32.1. The van der Waals surface area contributed by atoms with Gasteiger partial charge in [-0.1, -0.05) is 26.2 Å². The summed E-state index contributed by atoms with van der Waals surface area (Å²) in [4.78, 5) is 23.2. The predicted octanol–water partition coefficient (Wildman–Crippen LogP) is 1.90. The first-order valence-electron chi connectivity index (χ1n) is 7.26. The molecule has 2 unspecified atom stereocenters. The normalized spacial score (nSPS) is 19.5. The lowest BCUT2D eigenvalue weighted by atomic mass is 9.83. The van der Waals surface area contributed by atoms with E-state index in [1.54, 1.807) is 0 Å². The third-order valence-electron chi connectivity index (χ3n) is 3.86. The number of carbonyl (C=O) groups excluding carboxylic acids is 2. The average Bonchev–Trinajstić information content (AvgIpc) is 2.42. The minimum Gasteiger partial charge on any atom is -0.351 e. The first-order valence-corrected chi connectivity index (χ1v) is 7.90. The molecule has 19 heavy (non-hydrogen) atoms. The Morgan fingerprint density at radius 1 is 1.21 bits per heavy atom. The zero-order valence-corrected chi connectivity index (χ0v) is 12.8. The van der Waals surface area contributed by atoms with Gasteiger partial charge in [0.2, 0.25) is 11.8 Å². The number of amides is 2. The minimum atomic E-state index is -0.529. The maximum Gasteiger partial charge on any atom is 0.243 e. The van der Waals surface area contributed by atoms with Crippen molar-refractivity contribution in [1.82, 2.24) is 10.6 Å². The summed E-state index contributed by atoms with van der Waals surface area (Å²) in [6.45, 7) is 3.52. The molecule has 1 fully saturated rings. The Balaban J connectivity index is 2.52. The van der Waals surface area contributed by atoms with Gasteiger partial charge in [0.1, 0.15) is 6.04 Å². The highest BCUT2D eigenvalue weighted by Crippen LogP contribution is 2.27. The molecule has 2 N–H and O–H groups in total. The van der Waals surface area contributed by atoms with E-state index in [4.69, 9.17) is 0 Å². The molecular weight excluding hydrogens is 260 g/mol. The van der Waals surface area contributed by atoms with E-state index >= 15 is 0 Å². The highest BCUT2D eigenvalue weighted by molar-refractivity contribution is 7.80. The molecule has 5 heteroatoms. The summed E-state index contributed by atoms with van der Waals surface area (Å²) in [7, 11) is 0. The minimum absolute atomic E-state index is 0.109. The maximum absolute atomic E-state index is 12.1. The molecule has 2 amide bonds. The van der Waals surface area contributed by atoms with Crippen LogP contribution in [-0.2, 0) is 9.59 Å². The summed E-state index contributed by atoms with van der Waals surface area (Å²) in [6, 6.07) is -0.303. The number of hydrogen-bond donors (Lipinski definition) is 3. The van der Waals surface area contributed by atoms with Crippen LogP contribution in [0, 0.1) is 5.92 Å².